The van der Waals surface area contributed by atoms with E-state index in [1.807, 2.05) is 72.8 Å². The maximum absolute atomic E-state index is 9.84. The topological polar surface area (TPSA) is 61.8 Å². The number of hydrogen-bond donors (Lipinski definition) is 0. The molecule has 0 bridgehead atoms. The average Bonchev–Trinajstić information content (AvgIpc) is 3.70. The van der Waals surface area contributed by atoms with Gasteiger partial charge >= 0.3 is 0 Å². The highest BCUT2D eigenvalue weighted by molar-refractivity contribution is 6.12. The van der Waals surface area contributed by atoms with E-state index in [4.69, 9.17) is 6.57 Å². The van der Waals surface area contributed by atoms with Crippen LogP contribution in [-0.4, -0.2) is 9.13 Å². The molecule has 50 heavy (non-hydrogen) atoms. The van der Waals surface area contributed by atoms with Gasteiger partial charge in [-0.2, -0.15) is 10.5 Å². The fourth-order valence-corrected chi connectivity index (χ4v) is 7.36. The van der Waals surface area contributed by atoms with E-state index in [0.717, 1.165) is 77.2 Å². The highest BCUT2D eigenvalue weighted by Gasteiger charge is 2.18. The summed E-state index contributed by atoms with van der Waals surface area (Å²) in [6.45, 7) is 7.77. The van der Waals surface area contributed by atoms with Gasteiger partial charge in [-0.25, -0.2) is 4.85 Å². The van der Waals surface area contributed by atoms with Crippen molar-refractivity contribution in [1.29, 1.82) is 10.5 Å². The molecule has 0 saturated heterocycles. The molecule has 0 unspecified atom stereocenters. The Morgan fingerprint density at radius 3 is 1.86 bits per heavy atom. The second-order valence-corrected chi connectivity index (χ2v) is 12.3. The molecule has 9 rings (SSSR count). The van der Waals surface area contributed by atoms with Crippen molar-refractivity contribution in [2.45, 2.75) is 0 Å². The molecule has 0 fully saturated rings. The van der Waals surface area contributed by atoms with Crippen LogP contribution in [0.25, 0.3) is 82.1 Å². The minimum atomic E-state index is 0.562. The quantitative estimate of drug-likeness (QED) is 0.181. The number of aromatic nitrogens is 2. The van der Waals surface area contributed by atoms with Gasteiger partial charge in [-0.15, -0.1) is 0 Å². The van der Waals surface area contributed by atoms with Gasteiger partial charge in [-0.1, -0.05) is 91.0 Å². The zero-order valence-electron chi connectivity index (χ0n) is 26.7. The normalized spacial score (nSPS) is 11.1. The Morgan fingerprint density at radius 1 is 0.500 bits per heavy atom. The minimum Gasteiger partial charge on any atom is -0.310 e. The Bertz CT molecular complexity index is 2940. The van der Waals surface area contributed by atoms with Crippen LogP contribution in [0.4, 0.5) is 5.69 Å². The van der Waals surface area contributed by atoms with Crippen LogP contribution in [0.1, 0.15) is 11.1 Å². The summed E-state index contributed by atoms with van der Waals surface area (Å²) in [4.78, 5) is 3.76. The van der Waals surface area contributed by atoms with Gasteiger partial charge in [0.1, 0.15) is 0 Å². The van der Waals surface area contributed by atoms with Crippen molar-refractivity contribution in [3.63, 3.8) is 0 Å². The average molecular weight is 636 g/mol. The third-order valence-electron chi connectivity index (χ3n) is 9.63. The zero-order chi connectivity index (χ0) is 33.8. The van der Waals surface area contributed by atoms with Crippen LogP contribution in [-0.2, 0) is 0 Å². The molecule has 0 atom stereocenters. The molecular formula is C45H25N5. The number of nitriles is 2. The molecular weight excluding hydrogens is 611 g/mol. The molecule has 2 aromatic heterocycles. The van der Waals surface area contributed by atoms with E-state index in [2.05, 4.69) is 105 Å². The lowest BCUT2D eigenvalue weighted by Gasteiger charge is -2.15. The standard InChI is InChI=1S/C45H25N5/c1-48-34-20-23-36(44(26-34)50-40-10-4-2-8-37(40)39-25-29(27-46)13-24-42(39)50)32-16-14-30(15-17-32)31-18-21-35(22-19-31)49-41-11-5-3-9-38(41)45-33(28-47)7-6-12-43(45)49/h2-26H. The molecule has 0 aliphatic carbocycles. The molecule has 0 aliphatic heterocycles. The summed E-state index contributed by atoms with van der Waals surface area (Å²) in [5.74, 6) is 0. The summed E-state index contributed by atoms with van der Waals surface area (Å²) in [5, 5.41) is 23.5. The van der Waals surface area contributed by atoms with E-state index in [0.29, 0.717) is 16.8 Å². The van der Waals surface area contributed by atoms with Crippen LogP contribution in [0.3, 0.4) is 0 Å². The lowest BCUT2D eigenvalue weighted by Crippen LogP contribution is -1.97. The van der Waals surface area contributed by atoms with Gasteiger partial charge in [0.2, 0.25) is 0 Å². The van der Waals surface area contributed by atoms with Crippen molar-refractivity contribution >= 4 is 49.3 Å². The Hall–Kier alpha value is -7.39. The van der Waals surface area contributed by atoms with Crippen molar-refractivity contribution in [2.24, 2.45) is 0 Å². The number of hydrogen-bond acceptors (Lipinski definition) is 2. The third kappa shape index (κ3) is 4.38. The van der Waals surface area contributed by atoms with Crippen LogP contribution in [0.2, 0.25) is 0 Å². The number of nitrogens with zero attached hydrogens (tertiary/aromatic N) is 5. The Labute approximate surface area is 288 Å². The molecule has 5 nitrogen and oxygen atoms in total. The third-order valence-corrected chi connectivity index (χ3v) is 9.63. The number of fused-ring (bicyclic) bond motifs is 6. The summed E-state index contributed by atoms with van der Waals surface area (Å²) in [6.07, 6.45) is 0. The molecule has 0 spiro atoms. The predicted octanol–water partition coefficient (Wildman–Crippen LogP) is 11.5. The second-order valence-electron chi connectivity index (χ2n) is 12.3. The lowest BCUT2D eigenvalue weighted by atomic mass is 9.98. The first kappa shape index (κ1) is 28.8. The van der Waals surface area contributed by atoms with Crippen LogP contribution in [0, 0.1) is 29.2 Å². The molecule has 0 saturated carbocycles. The smallest absolute Gasteiger partial charge is 0.189 e. The van der Waals surface area contributed by atoms with E-state index in [1.54, 1.807) is 0 Å². The molecule has 5 heteroatoms. The van der Waals surface area contributed by atoms with Crippen LogP contribution < -0.4 is 0 Å². The van der Waals surface area contributed by atoms with Gasteiger partial charge in [-0.3, -0.25) is 0 Å². The maximum Gasteiger partial charge on any atom is 0.189 e. The second kappa shape index (κ2) is 11.4. The summed E-state index contributed by atoms with van der Waals surface area (Å²) < 4.78 is 4.43. The van der Waals surface area contributed by atoms with Crippen LogP contribution in [0.15, 0.2) is 152 Å². The van der Waals surface area contributed by atoms with Crippen molar-refractivity contribution in [3.05, 3.63) is 174 Å². The van der Waals surface area contributed by atoms with E-state index in [9.17, 15) is 10.5 Å². The maximum atomic E-state index is 9.84. The fraction of sp³-hybridized carbons (Fsp3) is 0. The molecule has 2 heterocycles. The van der Waals surface area contributed by atoms with Crippen LogP contribution in [0.5, 0.6) is 0 Å². The first-order valence-corrected chi connectivity index (χ1v) is 16.3. The van der Waals surface area contributed by atoms with E-state index in [-0.39, 0.29) is 0 Å². The van der Waals surface area contributed by atoms with Gasteiger partial charge in [0.05, 0.1) is 51.9 Å². The number of rotatable bonds is 4. The molecule has 0 amide bonds. The van der Waals surface area contributed by atoms with Gasteiger partial charge in [0.15, 0.2) is 5.69 Å². The summed E-state index contributed by atoms with van der Waals surface area (Å²) in [7, 11) is 0. The molecule has 7 aromatic carbocycles. The Kier molecular flexibility index (Phi) is 6.56. The fourth-order valence-electron chi connectivity index (χ4n) is 7.36. The molecule has 0 radical (unpaired) electrons. The van der Waals surface area contributed by atoms with Crippen LogP contribution >= 0.6 is 0 Å². The van der Waals surface area contributed by atoms with Gasteiger partial charge < -0.3 is 9.13 Å². The first-order valence-electron chi connectivity index (χ1n) is 16.3. The summed E-state index contributed by atoms with van der Waals surface area (Å²) >= 11 is 0. The van der Waals surface area contributed by atoms with E-state index in [1.165, 1.54) is 0 Å². The Balaban J connectivity index is 1.12. The number of para-hydroxylation sites is 2. The largest absolute Gasteiger partial charge is 0.310 e. The van der Waals surface area contributed by atoms with Gasteiger partial charge in [0, 0.05) is 38.5 Å². The van der Waals surface area contributed by atoms with Crippen molar-refractivity contribution in [1.82, 2.24) is 9.13 Å². The van der Waals surface area contributed by atoms with E-state index >= 15 is 0 Å². The minimum absolute atomic E-state index is 0.562. The monoisotopic (exact) mass is 635 g/mol. The molecule has 0 N–H and O–H groups in total. The SMILES string of the molecule is [C-]#[N+]c1ccc(-c2ccc(-c3ccc(-n4c5ccccc5c5c(C#N)cccc54)cc3)cc2)c(-n2c3ccccc3c3cc(C#N)ccc32)c1. The van der Waals surface area contributed by atoms with Crippen molar-refractivity contribution < 1.29 is 0 Å². The first-order chi connectivity index (χ1) is 24.7. The number of benzene rings is 7. The predicted molar refractivity (Wildman–Crippen MR) is 202 cm³/mol. The zero-order valence-corrected chi connectivity index (χ0v) is 26.7. The Morgan fingerprint density at radius 2 is 1.14 bits per heavy atom. The van der Waals surface area contributed by atoms with Gasteiger partial charge in [0.25, 0.3) is 0 Å². The lowest BCUT2D eigenvalue weighted by molar-refractivity contribution is 1.18. The molecule has 230 valence electrons. The van der Waals surface area contributed by atoms with Crippen molar-refractivity contribution in [3.8, 4) is 45.8 Å². The highest BCUT2D eigenvalue weighted by atomic mass is 15.0. The van der Waals surface area contributed by atoms with Gasteiger partial charge in [-0.05, 0) is 77.4 Å². The summed E-state index contributed by atoms with van der Waals surface area (Å²) in [5.41, 5.74) is 12.1. The highest BCUT2D eigenvalue weighted by Crippen LogP contribution is 2.39. The molecule has 0 aliphatic rings. The molecule has 9 aromatic rings. The van der Waals surface area contributed by atoms with E-state index < -0.39 is 0 Å². The van der Waals surface area contributed by atoms with Crippen molar-refractivity contribution in [2.75, 3.05) is 0 Å². The summed E-state index contributed by atoms with van der Waals surface area (Å²) in [6, 6.07) is 55.7.